The average Bonchev–Trinajstić information content (AvgIpc) is 2.40. The smallest absolute Gasteiger partial charge is 0.243 e. The minimum Gasteiger partial charge on any atom is -0.383 e. The highest BCUT2D eigenvalue weighted by molar-refractivity contribution is 7.89. The minimum atomic E-state index is -3.64. The van der Waals surface area contributed by atoms with Crippen molar-refractivity contribution in [2.45, 2.75) is 38.3 Å². The van der Waals surface area contributed by atoms with Crippen molar-refractivity contribution in [3.8, 4) is 0 Å². The van der Waals surface area contributed by atoms with Crippen molar-refractivity contribution in [2.24, 2.45) is 5.73 Å². The van der Waals surface area contributed by atoms with E-state index in [0.717, 1.165) is 5.56 Å². The van der Waals surface area contributed by atoms with Gasteiger partial charge in [-0.25, -0.2) is 8.42 Å². The van der Waals surface area contributed by atoms with E-state index >= 15 is 0 Å². The number of halogens is 1. The molecule has 0 saturated heterocycles. The van der Waals surface area contributed by atoms with Crippen LogP contribution in [0, 0.1) is 6.92 Å². The van der Waals surface area contributed by atoms with Gasteiger partial charge in [-0.05, 0) is 44.0 Å². The summed E-state index contributed by atoms with van der Waals surface area (Å²) < 4.78 is 32.2. The molecule has 0 saturated carbocycles. The van der Waals surface area contributed by atoms with Crippen LogP contribution in [-0.4, -0.2) is 39.0 Å². The molecule has 2 N–H and O–H groups in total. The zero-order valence-electron chi connectivity index (χ0n) is 12.9. The Labute approximate surface area is 132 Å². The van der Waals surface area contributed by atoms with E-state index in [-0.39, 0.29) is 17.5 Å². The number of ether oxygens (including phenoxy) is 1. The molecule has 0 aliphatic heterocycles. The van der Waals surface area contributed by atoms with Gasteiger partial charge in [-0.2, -0.15) is 4.31 Å². The average molecular weight is 335 g/mol. The summed E-state index contributed by atoms with van der Waals surface area (Å²) in [6.45, 7) is 6.28. The van der Waals surface area contributed by atoms with E-state index in [1.165, 1.54) is 10.4 Å². The molecule has 0 aliphatic rings. The Morgan fingerprint density at radius 3 is 2.48 bits per heavy atom. The van der Waals surface area contributed by atoms with Gasteiger partial charge in [-0.15, -0.1) is 0 Å². The Hall–Kier alpha value is -0.660. The van der Waals surface area contributed by atoms with Crippen molar-refractivity contribution in [3.63, 3.8) is 0 Å². The standard InChI is InChI=1S/C14H23ClN2O3S/c1-10(2)17(5-6-20-4)21(18,19)14-8-13(15)7-12(9-16)11(14)3/h7-8,10H,5-6,9,16H2,1-4H3. The monoisotopic (exact) mass is 334 g/mol. The first kappa shape index (κ1) is 18.4. The van der Waals surface area contributed by atoms with Crippen molar-refractivity contribution in [1.29, 1.82) is 0 Å². The summed E-state index contributed by atoms with van der Waals surface area (Å²) >= 11 is 6.03. The molecule has 1 aromatic rings. The summed E-state index contributed by atoms with van der Waals surface area (Å²) in [5.74, 6) is 0. The Morgan fingerprint density at radius 1 is 1.38 bits per heavy atom. The SMILES string of the molecule is COCCN(C(C)C)S(=O)(=O)c1cc(Cl)cc(CN)c1C. The Morgan fingerprint density at radius 2 is 2.00 bits per heavy atom. The van der Waals surface area contributed by atoms with Crippen LogP contribution in [0.1, 0.15) is 25.0 Å². The van der Waals surface area contributed by atoms with Crippen LogP contribution >= 0.6 is 11.6 Å². The lowest BCUT2D eigenvalue weighted by atomic mass is 10.1. The van der Waals surface area contributed by atoms with Crippen LogP contribution in [0.4, 0.5) is 0 Å². The molecule has 0 spiro atoms. The van der Waals surface area contributed by atoms with Gasteiger partial charge in [0.05, 0.1) is 11.5 Å². The topological polar surface area (TPSA) is 72.6 Å². The molecular formula is C14H23ClN2O3S. The van der Waals surface area contributed by atoms with Crippen LogP contribution in [-0.2, 0) is 21.3 Å². The maximum Gasteiger partial charge on any atom is 0.243 e. The fraction of sp³-hybridized carbons (Fsp3) is 0.571. The van der Waals surface area contributed by atoms with E-state index in [1.54, 1.807) is 20.1 Å². The van der Waals surface area contributed by atoms with Crippen molar-refractivity contribution in [2.75, 3.05) is 20.3 Å². The molecule has 120 valence electrons. The van der Waals surface area contributed by atoms with E-state index in [4.69, 9.17) is 22.1 Å². The number of benzene rings is 1. The highest BCUT2D eigenvalue weighted by Crippen LogP contribution is 2.27. The predicted octanol–water partition coefficient (Wildman–Crippen LogP) is 2.15. The molecule has 1 rings (SSSR count). The van der Waals surface area contributed by atoms with Crippen LogP contribution in [0.3, 0.4) is 0 Å². The lowest BCUT2D eigenvalue weighted by Crippen LogP contribution is -2.39. The second-order valence-corrected chi connectivity index (χ2v) is 7.39. The second kappa shape index (κ2) is 7.56. The highest BCUT2D eigenvalue weighted by atomic mass is 35.5. The molecule has 5 nitrogen and oxygen atoms in total. The molecule has 0 amide bonds. The van der Waals surface area contributed by atoms with Gasteiger partial charge in [0.2, 0.25) is 10.0 Å². The van der Waals surface area contributed by atoms with Crippen molar-refractivity contribution in [3.05, 3.63) is 28.3 Å². The second-order valence-electron chi connectivity index (χ2n) is 5.09. The molecule has 0 aliphatic carbocycles. The minimum absolute atomic E-state index is 0.176. The van der Waals surface area contributed by atoms with Crippen molar-refractivity contribution < 1.29 is 13.2 Å². The van der Waals surface area contributed by atoms with Crippen LogP contribution < -0.4 is 5.73 Å². The third-order valence-corrected chi connectivity index (χ3v) is 5.75. The largest absolute Gasteiger partial charge is 0.383 e. The number of nitrogens with two attached hydrogens (primary N) is 1. The molecule has 0 unspecified atom stereocenters. The number of methoxy groups -OCH3 is 1. The van der Waals surface area contributed by atoms with E-state index < -0.39 is 10.0 Å². The van der Waals surface area contributed by atoms with Crippen LogP contribution in [0.15, 0.2) is 17.0 Å². The number of nitrogens with zero attached hydrogens (tertiary/aromatic N) is 1. The van der Waals surface area contributed by atoms with Crippen molar-refractivity contribution >= 4 is 21.6 Å². The van der Waals surface area contributed by atoms with Crippen LogP contribution in [0.2, 0.25) is 5.02 Å². The van der Waals surface area contributed by atoms with Gasteiger partial charge in [0.15, 0.2) is 0 Å². The first-order valence-corrected chi connectivity index (χ1v) is 8.57. The summed E-state index contributed by atoms with van der Waals surface area (Å²) in [6, 6.07) is 3.00. The van der Waals surface area contributed by atoms with E-state index in [9.17, 15) is 8.42 Å². The Kier molecular flexibility index (Phi) is 6.62. The zero-order chi connectivity index (χ0) is 16.2. The predicted molar refractivity (Wildman–Crippen MR) is 85.0 cm³/mol. The summed E-state index contributed by atoms with van der Waals surface area (Å²) in [6.07, 6.45) is 0. The Balaban J connectivity index is 3.37. The maximum atomic E-state index is 12.9. The van der Waals surface area contributed by atoms with Gasteiger partial charge in [0.25, 0.3) is 0 Å². The lowest BCUT2D eigenvalue weighted by molar-refractivity contribution is 0.171. The van der Waals surface area contributed by atoms with Gasteiger partial charge in [0, 0.05) is 31.3 Å². The summed E-state index contributed by atoms with van der Waals surface area (Å²) in [7, 11) is -2.10. The van der Waals surface area contributed by atoms with Gasteiger partial charge in [-0.1, -0.05) is 11.6 Å². The zero-order valence-corrected chi connectivity index (χ0v) is 14.5. The normalized spacial score (nSPS) is 12.4. The van der Waals surface area contributed by atoms with E-state index in [1.807, 2.05) is 13.8 Å². The first-order chi connectivity index (χ1) is 9.75. The fourth-order valence-corrected chi connectivity index (χ4v) is 4.37. The number of sulfonamides is 1. The van der Waals surface area contributed by atoms with Gasteiger partial charge < -0.3 is 10.5 Å². The molecule has 0 heterocycles. The van der Waals surface area contributed by atoms with Gasteiger partial charge in [-0.3, -0.25) is 0 Å². The van der Waals surface area contributed by atoms with Gasteiger partial charge >= 0.3 is 0 Å². The summed E-state index contributed by atoms with van der Waals surface area (Å²) in [5, 5.41) is 0.370. The molecule has 1 aromatic carbocycles. The molecule has 0 radical (unpaired) electrons. The summed E-state index contributed by atoms with van der Waals surface area (Å²) in [4.78, 5) is 0.209. The molecule has 0 atom stereocenters. The van der Waals surface area contributed by atoms with E-state index in [2.05, 4.69) is 0 Å². The molecular weight excluding hydrogens is 312 g/mol. The number of hydrogen-bond donors (Lipinski definition) is 1. The molecule has 0 aromatic heterocycles. The van der Waals surface area contributed by atoms with Crippen molar-refractivity contribution in [1.82, 2.24) is 4.31 Å². The molecule has 0 bridgehead atoms. The number of hydrogen-bond acceptors (Lipinski definition) is 4. The summed E-state index contributed by atoms with van der Waals surface area (Å²) in [5.41, 5.74) is 7.04. The fourth-order valence-electron chi connectivity index (χ4n) is 2.15. The first-order valence-electron chi connectivity index (χ1n) is 6.75. The third-order valence-electron chi connectivity index (χ3n) is 3.33. The molecule has 0 fully saturated rings. The number of rotatable bonds is 7. The molecule has 21 heavy (non-hydrogen) atoms. The maximum absolute atomic E-state index is 12.9. The van der Waals surface area contributed by atoms with Crippen LogP contribution in [0.5, 0.6) is 0 Å². The van der Waals surface area contributed by atoms with Crippen LogP contribution in [0.25, 0.3) is 0 Å². The molecule has 7 heteroatoms. The lowest BCUT2D eigenvalue weighted by Gasteiger charge is -2.27. The quantitative estimate of drug-likeness (QED) is 0.829. The highest BCUT2D eigenvalue weighted by Gasteiger charge is 2.29. The third kappa shape index (κ3) is 4.17. The Bertz CT molecular complexity index is 588. The van der Waals surface area contributed by atoms with Gasteiger partial charge in [0.1, 0.15) is 0 Å². The van der Waals surface area contributed by atoms with E-state index in [0.29, 0.717) is 23.7 Å².